The fraction of sp³-hybridized carbons (Fsp3) is 0.125. The van der Waals surface area contributed by atoms with Crippen LogP contribution in [0.1, 0.15) is 11.1 Å². The Hall–Kier alpha value is -2.74. The van der Waals surface area contributed by atoms with Gasteiger partial charge in [-0.2, -0.15) is 5.10 Å². The third-order valence-electron chi connectivity index (χ3n) is 3.13. The van der Waals surface area contributed by atoms with E-state index in [4.69, 9.17) is 0 Å². The van der Waals surface area contributed by atoms with Crippen LogP contribution >= 0.6 is 15.9 Å². The Balaban J connectivity index is 1.87. The standard InChI is InChI=1S/C16H15BrN4O3/c1-11-2-3-12(8-15(11)21(23)24)9-19-20-16(22)10-18-14-6-4-13(17)5-7-14/h2-9,18H,10H2,1H3,(H,20,22)/b19-9-. The minimum atomic E-state index is -0.451. The van der Waals surface area contributed by atoms with E-state index in [1.165, 1.54) is 12.3 Å². The second kappa shape index (κ2) is 8.21. The van der Waals surface area contributed by atoms with Crippen LogP contribution in [0.2, 0.25) is 0 Å². The maximum Gasteiger partial charge on any atom is 0.272 e. The lowest BCUT2D eigenvalue weighted by Crippen LogP contribution is -2.25. The molecule has 0 saturated carbocycles. The Bertz CT molecular complexity index is 775. The van der Waals surface area contributed by atoms with Crippen molar-refractivity contribution >= 4 is 39.4 Å². The molecule has 0 aliphatic rings. The summed E-state index contributed by atoms with van der Waals surface area (Å²) in [4.78, 5) is 22.1. The highest BCUT2D eigenvalue weighted by atomic mass is 79.9. The molecule has 0 aliphatic carbocycles. The van der Waals surface area contributed by atoms with Gasteiger partial charge in [0.15, 0.2) is 0 Å². The number of amides is 1. The lowest BCUT2D eigenvalue weighted by Gasteiger charge is -2.05. The van der Waals surface area contributed by atoms with Gasteiger partial charge < -0.3 is 5.32 Å². The summed E-state index contributed by atoms with van der Waals surface area (Å²) in [6.07, 6.45) is 1.37. The van der Waals surface area contributed by atoms with Gasteiger partial charge in [-0.1, -0.05) is 28.1 Å². The predicted molar refractivity (Wildman–Crippen MR) is 96.2 cm³/mol. The molecule has 0 fully saturated rings. The van der Waals surface area contributed by atoms with Gasteiger partial charge in [-0.25, -0.2) is 5.43 Å². The fourth-order valence-corrected chi connectivity index (χ4v) is 2.14. The van der Waals surface area contributed by atoms with E-state index in [1.54, 1.807) is 19.1 Å². The molecule has 2 aromatic carbocycles. The van der Waals surface area contributed by atoms with Gasteiger partial charge in [0.05, 0.1) is 17.7 Å². The number of nitro benzene ring substituents is 1. The van der Waals surface area contributed by atoms with Gasteiger partial charge in [0.2, 0.25) is 0 Å². The number of halogens is 1. The zero-order chi connectivity index (χ0) is 17.5. The monoisotopic (exact) mass is 390 g/mol. The molecule has 124 valence electrons. The van der Waals surface area contributed by atoms with Crippen LogP contribution in [0, 0.1) is 17.0 Å². The number of rotatable bonds is 6. The van der Waals surface area contributed by atoms with E-state index in [0.717, 1.165) is 10.2 Å². The first-order valence-corrected chi connectivity index (χ1v) is 7.81. The van der Waals surface area contributed by atoms with Crippen LogP contribution in [0.4, 0.5) is 11.4 Å². The zero-order valence-electron chi connectivity index (χ0n) is 12.8. The van der Waals surface area contributed by atoms with E-state index in [1.807, 2.05) is 24.3 Å². The molecular weight excluding hydrogens is 376 g/mol. The molecule has 0 atom stereocenters. The van der Waals surface area contributed by atoms with Gasteiger partial charge in [-0.15, -0.1) is 0 Å². The van der Waals surface area contributed by atoms with Crippen LogP contribution < -0.4 is 10.7 Å². The molecule has 2 rings (SSSR count). The summed E-state index contributed by atoms with van der Waals surface area (Å²) in [5.41, 5.74) is 4.30. The normalized spacial score (nSPS) is 10.6. The summed E-state index contributed by atoms with van der Waals surface area (Å²) >= 11 is 3.33. The van der Waals surface area contributed by atoms with Crippen LogP contribution in [-0.2, 0) is 4.79 Å². The summed E-state index contributed by atoms with van der Waals surface area (Å²) in [5, 5.41) is 17.6. The number of hydrazone groups is 1. The summed E-state index contributed by atoms with van der Waals surface area (Å²) in [6.45, 7) is 1.72. The Morgan fingerprint density at radius 2 is 2.00 bits per heavy atom. The predicted octanol–water partition coefficient (Wildman–Crippen LogP) is 3.23. The highest BCUT2D eigenvalue weighted by Crippen LogP contribution is 2.18. The first-order valence-electron chi connectivity index (χ1n) is 7.02. The molecule has 0 aromatic heterocycles. The van der Waals surface area contributed by atoms with Crippen molar-refractivity contribution in [1.82, 2.24) is 5.43 Å². The molecule has 2 N–H and O–H groups in total. The number of hydrogen-bond acceptors (Lipinski definition) is 5. The first kappa shape index (κ1) is 17.6. The minimum Gasteiger partial charge on any atom is -0.376 e. The zero-order valence-corrected chi connectivity index (χ0v) is 14.4. The Labute approximate surface area is 147 Å². The summed E-state index contributed by atoms with van der Waals surface area (Å²) in [6, 6.07) is 12.1. The Morgan fingerprint density at radius 1 is 1.29 bits per heavy atom. The van der Waals surface area contributed by atoms with Crippen molar-refractivity contribution in [3.63, 3.8) is 0 Å². The van der Waals surface area contributed by atoms with Crippen molar-refractivity contribution in [1.29, 1.82) is 0 Å². The highest BCUT2D eigenvalue weighted by molar-refractivity contribution is 9.10. The van der Waals surface area contributed by atoms with Crippen molar-refractivity contribution in [2.24, 2.45) is 5.10 Å². The molecule has 0 spiro atoms. The quantitative estimate of drug-likeness (QED) is 0.449. The average Bonchev–Trinajstić information content (AvgIpc) is 2.55. The van der Waals surface area contributed by atoms with Crippen molar-refractivity contribution in [2.75, 3.05) is 11.9 Å². The Morgan fingerprint density at radius 3 is 2.67 bits per heavy atom. The van der Waals surface area contributed by atoms with Gasteiger partial charge >= 0.3 is 0 Å². The number of anilines is 1. The smallest absolute Gasteiger partial charge is 0.272 e. The number of nitro groups is 1. The molecule has 0 aliphatic heterocycles. The van der Waals surface area contributed by atoms with Crippen molar-refractivity contribution in [2.45, 2.75) is 6.92 Å². The number of nitrogens with one attached hydrogen (secondary N) is 2. The molecule has 1 amide bonds. The number of hydrogen-bond donors (Lipinski definition) is 2. The molecule has 0 saturated heterocycles. The molecule has 7 nitrogen and oxygen atoms in total. The number of nitrogens with zero attached hydrogens (tertiary/aromatic N) is 2. The van der Waals surface area contributed by atoms with Crippen molar-refractivity contribution in [3.8, 4) is 0 Å². The number of carbonyl (C=O) groups is 1. The average molecular weight is 391 g/mol. The molecule has 24 heavy (non-hydrogen) atoms. The summed E-state index contributed by atoms with van der Waals surface area (Å²) in [5.74, 6) is -0.323. The lowest BCUT2D eigenvalue weighted by molar-refractivity contribution is -0.385. The molecule has 0 radical (unpaired) electrons. The number of aryl methyl sites for hydroxylation is 1. The van der Waals surface area contributed by atoms with E-state index >= 15 is 0 Å². The third kappa shape index (κ3) is 5.17. The van der Waals surface area contributed by atoms with Gasteiger partial charge in [0, 0.05) is 27.4 Å². The molecule has 8 heteroatoms. The summed E-state index contributed by atoms with van der Waals surface area (Å²) < 4.78 is 0.953. The lowest BCUT2D eigenvalue weighted by atomic mass is 10.1. The molecule has 0 unspecified atom stereocenters. The van der Waals surface area contributed by atoms with Crippen LogP contribution in [0.3, 0.4) is 0 Å². The molecule has 0 heterocycles. The van der Waals surface area contributed by atoms with Crippen LogP contribution in [0.15, 0.2) is 52.0 Å². The van der Waals surface area contributed by atoms with Crippen LogP contribution in [0.5, 0.6) is 0 Å². The maximum atomic E-state index is 11.7. The van der Waals surface area contributed by atoms with Gasteiger partial charge in [0.1, 0.15) is 0 Å². The minimum absolute atomic E-state index is 0.0159. The third-order valence-corrected chi connectivity index (χ3v) is 3.66. The maximum absolute atomic E-state index is 11.7. The van der Waals surface area contributed by atoms with E-state index in [2.05, 4.69) is 31.8 Å². The fourth-order valence-electron chi connectivity index (χ4n) is 1.87. The topological polar surface area (TPSA) is 96.6 Å². The largest absolute Gasteiger partial charge is 0.376 e. The highest BCUT2D eigenvalue weighted by Gasteiger charge is 2.09. The summed E-state index contributed by atoms with van der Waals surface area (Å²) in [7, 11) is 0. The van der Waals surface area contributed by atoms with Crippen LogP contribution in [0.25, 0.3) is 0 Å². The van der Waals surface area contributed by atoms with E-state index in [-0.39, 0.29) is 18.1 Å². The Kier molecular flexibility index (Phi) is 6.02. The number of benzene rings is 2. The molecular formula is C16H15BrN4O3. The van der Waals surface area contributed by atoms with Gasteiger partial charge in [0.25, 0.3) is 11.6 Å². The van der Waals surface area contributed by atoms with E-state index in [0.29, 0.717) is 11.1 Å². The van der Waals surface area contributed by atoms with E-state index in [9.17, 15) is 14.9 Å². The second-order valence-corrected chi connectivity index (χ2v) is 5.87. The molecule has 2 aromatic rings. The van der Waals surface area contributed by atoms with Crippen molar-refractivity contribution < 1.29 is 9.72 Å². The van der Waals surface area contributed by atoms with Gasteiger partial charge in [-0.3, -0.25) is 14.9 Å². The van der Waals surface area contributed by atoms with Crippen LogP contribution in [-0.4, -0.2) is 23.6 Å². The van der Waals surface area contributed by atoms with E-state index < -0.39 is 4.92 Å². The van der Waals surface area contributed by atoms with Gasteiger partial charge in [-0.05, 0) is 31.2 Å². The SMILES string of the molecule is Cc1ccc(/C=N\NC(=O)CNc2ccc(Br)cc2)cc1[N+](=O)[O-]. The number of carbonyl (C=O) groups excluding carboxylic acids is 1. The second-order valence-electron chi connectivity index (χ2n) is 4.96. The molecule has 0 bridgehead atoms. The van der Waals surface area contributed by atoms with Crippen molar-refractivity contribution in [3.05, 3.63) is 68.2 Å². The first-order chi connectivity index (χ1) is 11.5.